The zero-order valence-electron chi connectivity index (χ0n) is 18.5. The highest BCUT2D eigenvalue weighted by atomic mass is 127. The molecule has 29 heavy (non-hydrogen) atoms. The van der Waals surface area contributed by atoms with Gasteiger partial charge in [-0.2, -0.15) is 0 Å². The van der Waals surface area contributed by atoms with E-state index in [1.165, 1.54) is 37.7 Å². The molecule has 0 radical (unpaired) electrons. The maximum absolute atomic E-state index is 5.76. The number of piperidine rings is 2. The first kappa shape index (κ1) is 24.3. The Morgan fingerprint density at radius 3 is 2.41 bits per heavy atom. The van der Waals surface area contributed by atoms with E-state index < -0.39 is 0 Å². The molecule has 3 rings (SSSR count). The van der Waals surface area contributed by atoms with Crippen molar-refractivity contribution >= 4 is 29.9 Å². The van der Waals surface area contributed by atoms with Crippen molar-refractivity contribution in [2.45, 2.75) is 70.5 Å². The lowest BCUT2D eigenvalue weighted by Gasteiger charge is -2.47. The largest absolute Gasteiger partial charge is 0.493 e. The Bertz CT molecular complexity index is 620. The number of rotatable bonds is 7. The molecular weight excluding hydrogens is 475 g/mol. The summed E-state index contributed by atoms with van der Waals surface area (Å²) in [6, 6.07) is 10.5. The third-order valence-electron chi connectivity index (χ3n) is 6.12. The van der Waals surface area contributed by atoms with E-state index in [2.05, 4.69) is 65.7 Å². The summed E-state index contributed by atoms with van der Waals surface area (Å²) in [5, 5.41) is 7.16. The topological polar surface area (TPSA) is 48.9 Å². The van der Waals surface area contributed by atoms with E-state index in [4.69, 9.17) is 4.74 Å². The fourth-order valence-corrected chi connectivity index (χ4v) is 4.46. The zero-order valence-corrected chi connectivity index (χ0v) is 20.8. The standard InChI is InChI=1S/C23H38N4O.HI/c1-17(2)16-28-22-10-8-18(9-11-22)12-13-25-23(24-3)26-19-14-20-6-5-7-21(15-19)27(20)4;/h8-11,17,19-21H,5-7,12-16H2,1-4H3,(H2,24,25,26);1H. The predicted molar refractivity (Wildman–Crippen MR) is 133 cm³/mol. The van der Waals surface area contributed by atoms with Gasteiger partial charge >= 0.3 is 0 Å². The van der Waals surface area contributed by atoms with Gasteiger partial charge in [0.05, 0.1) is 6.61 Å². The number of halogens is 1. The van der Waals surface area contributed by atoms with Crippen LogP contribution in [0.25, 0.3) is 0 Å². The molecule has 1 aromatic rings. The van der Waals surface area contributed by atoms with Crippen LogP contribution >= 0.6 is 24.0 Å². The maximum atomic E-state index is 5.76. The lowest BCUT2D eigenvalue weighted by atomic mass is 9.82. The summed E-state index contributed by atoms with van der Waals surface area (Å²) in [5.41, 5.74) is 1.31. The average Bonchev–Trinajstić information content (AvgIpc) is 2.67. The van der Waals surface area contributed by atoms with Crippen LogP contribution in [-0.2, 0) is 6.42 Å². The Morgan fingerprint density at radius 2 is 1.83 bits per heavy atom. The smallest absolute Gasteiger partial charge is 0.191 e. The number of hydrogen-bond donors (Lipinski definition) is 2. The van der Waals surface area contributed by atoms with Gasteiger partial charge in [-0.05, 0) is 62.8 Å². The Kier molecular flexibility index (Phi) is 10.0. The molecule has 0 aromatic heterocycles. The number of fused-ring (bicyclic) bond motifs is 2. The van der Waals surface area contributed by atoms with Gasteiger partial charge in [0.25, 0.3) is 0 Å². The summed E-state index contributed by atoms with van der Waals surface area (Å²) < 4.78 is 5.76. The fraction of sp³-hybridized carbons (Fsp3) is 0.696. The zero-order chi connectivity index (χ0) is 19.9. The molecule has 0 amide bonds. The van der Waals surface area contributed by atoms with E-state index in [0.29, 0.717) is 12.0 Å². The summed E-state index contributed by atoms with van der Waals surface area (Å²) in [6.45, 7) is 5.98. The molecule has 2 unspecified atom stereocenters. The summed E-state index contributed by atoms with van der Waals surface area (Å²) in [6.07, 6.45) is 7.50. The lowest BCUT2D eigenvalue weighted by Crippen LogP contribution is -2.56. The molecule has 2 atom stereocenters. The first-order valence-electron chi connectivity index (χ1n) is 11.0. The fourth-order valence-electron chi connectivity index (χ4n) is 4.46. The molecule has 5 nitrogen and oxygen atoms in total. The Hall–Kier alpha value is -1.02. The maximum Gasteiger partial charge on any atom is 0.191 e. The number of aliphatic imine (C=N–C) groups is 1. The molecule has 2 fully saturated rings. The monoisotopic (exact) mass is 514 g/mol. The van der Waals surface area contributed by atoms with Gasteiger partial charge in [-0.15, -0.1) is 24.0 Å². The molecule has 2 aliphatic rings. The van der Waals surface area contributed by atoms with E-state index in [1.807, 2.05) is 7.05 Å². The number of nitrogens with zero attached hydrogens (tertiary/aromatic N) is 2. The molecule has 1 aromatic carbocycles. The van der Waals surface area contributed by atoms with E-state index in [9.17, 15) is 0 Å². The molecule has 2 saturated heterocycles. The highest BCUT2D eigenvalue weighted by Crippen LogP contribution is 2.32. The van der Waals surface area contributed by atoms with E-state index in [1.54, 1.807) is 0 Å². The normalized spacial score (nSPS) is 24.7. The molecule has 2 bridgehead atoms. The minimum absolute atomic E-state index is 0. The van der Waals surface area contributed by atoms with Crippen molar-refractivity contribution in [1.29, 1.82) is 0 Å². The second-order valence-electron chi connectivity index (χ2n) is 8.81. The van der Waals surface area contributed by atoms with Crippen LogP contribution in [0.5, 0.6) is 5.75 Å². The SMILES string of the molecule is CN=C(NCCc1ccc(OCC(C)C)cc1)NC1CC2CCCC(C1)N2C.I. The lowest BCUT2D eigenvalue weighted by molar-refractivity contribution is 0.0526. The molecule has 0 spiro atoms. The summed E-state index contributed by atoms with van der Waals surface area (Å²) in [4.78, 5) is 7.05. The van der Waals surface area contributed by atoms with Gasteiger partial charge in [0, 0.05) is 31.7 Å². The van der Waals surface area contributed by atoms with Crippen LogP contribution in [0.15, 0.2) is 29.3 Å². The third kappa shape index (κ3) is 7.31. The van der Waals surface area contributed by atoms with Crippen molar-refractivity contribution < 1.29 is 4.74 Å². The van der Waals surface area contributed by atoms with Gasteiger partial charge in [0.2, 0.25) is 0 Å². The summed E-state index contributed by atoms with van der Waals surface area (Å²) in [5.74, 6) is 2.44. The van der Waals surface area contributed by atoms with Gasteiger partial charge in [-0.25, -0.2) is 0 Å². The Morgan fingerprint density at radius 1 is 1.17 bits per heavy atom. The van der Waals surface area contributed by atoms with Crippen LogP contribution in [0.3, 0.4) is 0 Å². The first-order valence-corrected chi connectivity index (χ1v) is 11.0. The first-order chi connectivity index (χ1) is 13.5. The van der Waals surface area contributed by atoms with Crippen LogP contribution in [0.1, 0.15) is 51.5 Å². The van der Waals surface area contributed by atoms with Gasteiger partial charge in [0.15, 0.2) is 5.96 Å². The van der Waals surface area contributed by atoms with Gasteiger partial charge in [-0.3, -0.25) is 4.99 Å². The van der Waals surface area contributed by atoms with Crippen LogP contribution in [0, 0.1) is 5.92 Å². The molecule has 6 heteroatoms. The molecule has 0 saturated carbocycles. The summed E-state index contributed by atoms with van der Waals surface area (Å²) >= 11 is 0. The van der Waals surface area contributed by atoms with E-state index >= 15 is 0 Å². The molecule has 2 aliphatic heterocycles. The van der Waals surface area contributed by atoms with Crippen LogP contribution in [-0.4, -0.2) is 56.2 Å². The Balaban J connectivity index is 0.00000300. The number of ether oxygens (including phenoxy) is 1. The van der Waals surface area contributed by atoms with Crippen molar-refractivity contribution in [3.63, 3.8) is 0 Å². The van der Waals surface area contributed by atoms with E-state index in [-0.39, 0.29) is 24.0 Å². The number of benzene rings is 1. The van der Waals surface area contributed by atoms with Gasteiger partial charge in [0.1, 0.15) is 5.75 Å². The minimum atomic E-state index is 0. The van der Waals surface area contributed by atoms with Crippen molar-refractivity contribution in [3.8, 4) is 5.75 Å². The van der Waals surface area contributed by atoms with Crippen LogP contribution < -0.4 is 15.4 Å². The van der Waals surface area contributed by atoms with E-state index in [0.717, 1.165) is 43.4 Å². The van der Waals surface area contributed by atoms with Gasteiger partial charge < -0.3 is 20.3 Å². The number of guanidine groups is 1. The van der Waals surface area contributed by atoms with Crippen molar-refractivity contribution in [1.82, 2.24) is 15.5 Å². The highest BCUT2D eigenvalue weighted by molar-refractivity contribution is 14.0. The van der Waals surface area contributed by atoms with Crippen molar-refractivity contribution in [2.24, 2.45) is 10.9 Å². The number of nitrogens with one attached hydrogen (secondary N) is 2. The second kappa shape index (κ2) is 12.0. The van der Waals surface area contributed by atoms with Crippen LogP contribution in [0.2, 0.25) is 0 Å². The second-order valence-corrected chi connectivity index (χ2v) is 8.81. The van der Waals surface area contributed by atoms with Crippen LogP contribution in [0.4, 0.5) is 0 Å². The Labute approximate surface area is 194 Å². The minimum Gasteiger partial charge on any atom is -0.493 e. The average molecular weight is 514 g/mol. The molecule has 164 valence electrons. The molecule has 2 N–H and O–H groups in total. The van der Waals surface area contributed by atoms with Crippen molar-refractivity contribution in [3.05, 3.63) is 29.8 Å². The quantitative estimate of drug-likeness (QED) is 0.328. The molecular formula is C23H39IN4O. The predicted octanol–water partition coefficient (Wildman–Crippen LogP) is 4.06. The highest BCUT2D eigenvalue weighted by Gasteiger charge is 2.36. The van der Waals surface area contributed by atoms with Crippen molar-refractivity contribution in [2.75, 3.05) is 27.2 Å². The number of hydrogen-bond acceptors (Lipinski definition) is 3. The molecule has 0 aliphatic carbocycles. The molecule has 2 heterocycles. The summed E-state index contributed by atoms with van der Waals surface area (Å²) in [7, 11) is 4.17. The van der Waals surface area contributed by atoms with Gasteiger partial charge in [-0.1, -0.05) is 32.4 Å². The third-order valence-corrected chi connectivity index (χ3v) is 6.12.